The first-order valence-corrected chi connectivity index (χ1v) is 9.79. The number of amides is 1. The number of ether oxygens (including phenoxy) is 1. The van der Waals surface area contributed by atoms with Crippen molar-refractivity contribution in [2.45, 2.75) is 18.6 Å². The van der Waals surface area contributed by atoms with Crippen molar-refractivity contribution >= 4 is 17.7 Å². The largest absolute Gasteiger partial charge is 0.480 e. The molecule has 0 radical (unpaired) electrons. The van der Waals surface area contributed by atoms with Crippen molar-refractivity contribution in [3.63, 3.8) is 0 Å². The summed E-state index contributed by atoms with van der Waals surface area (Å²) in [6.45, 7) is 0. The molecule has 1 amide bonds. The number of carbonyl (C=O) groups is 3. The minimum Gasteiger partial charge on any atom is -0.480 e. The Hall–Kier alpha value is -3.77. The minimum absolute atomic E-state index is 0.0755. The SMILES string of the molecule is CO[C@H](C(=O)N[C@@H](Cc1ccc(C(=O)c2ccccc2)cc1)C(=O)O)c1ccccc1. The van der Waals surface area contributed by atoms with E-state index in [1.807, 2.05) is 12.1 Å². The van der Waals surface area contributed by atoms with Crippen molar-refractivity contribution in [1.29, 1.82) is 0 Å². The molecule has 0 aliphatic heterocycles. The molecule has 3 aromatic rings. The highest BCUT2D eigenvalue weighted by Gasteiger charge is 2.26. The number of nitrogens with one attached hydrogen (secondary N) is 1. The van der Waals surface area contributed by atoms with Crippen molar-refractivity contribution in [3.05, 3.63) is 107 Å². The van der Waals surface area contributed by atoms with Crippen molar-refractivity contribution in [2.75, 3.05) is 7.11 Å². The Morgan fingerprint density at radius 1 is 0.839 bits per heavy atom. The Labute approximate surface area is 180 Å². The van der Waals surface area contributed by atoms with Gasteiger partial charge in [0.25, 0.3) is 5.91 Å². The molecule has 158 valence electrons. The topological polar surface area (TPSA) is 92.7 Å². The van der Waals surface area contributed by atoms with Crippen molar-refractivity contribution in [1.82, 2.24) is 5.32 Å². The van der Waals surface area contributed by atoms with E-state index in [-0.39, 0.29) is 12.2 Å². The molecular weight excluding hydrogens is 394 g/mol. The monoisotopic (exact) mass is 417 g/mol. The Morgan fingerprint density at radius 2 is 1.39 bits per heavy atom. The van der Waals surface area contributed by atoms with Crippen LogP contribution < -0.4 is 5.32 Å². The fourth-order valence-electron chi connectivity index (χ4n) is 3.25. The third-order valence-electron chi connectivity index (χ3n) is 4.88. The summed E-state index contributed by atoms with van der Waals surface area (Å²) >= 11 is 0. The first-order chi connectivity index (χ1) is 15.0. The zero-order valence-electron chi connectivity index (χ0n) is 17.0. The Kier molecular flexibility index (Phi) is 7.30. The van der Waals surface area contributed by atoms with E-state index >= 15 is 0 Å². The van der Waals surface area contributed by atoms with Gasteiger partial charge in [-0.25, -0.2) is 4.79 Å². The number of methoxy groups -OCH3 is 1. The number of aliphatic carboxylic acids is 1. The number of hydrogen-bond acceptors (Lipinski definition) is 4. The number of carboxylic acids is 1. The van der Waals surface area contributed by atoms with Crippen molar-refractivity contribution in [2.24, 2.45) is 0 Å². The maximum atomic E-state index is 12.6. The van der Waals surface area contributed by atoms with E-state index in [0.717, 1.165) is 0 Å². The minimum atomic E-state index is -1.15. The molecule has 0 aliphatic rings. The van der Waals surface area contributed by atoms with Gasteiger partial charge in [-0.1, -0.05) is 84.9 Å². The lowest BCUT2D eigenvalue weighted by Crippen LogP contribution is -2.44. The normalized spacial score (nSPS) is 12.5. The fourth-order valence-corrected chi connectivity index (χ4v) is 3.25. The maximum absolute atomic E-state index is 12.6. The van der Waals surface area contributed by atoms with Crippen LogP contribution in [-0.2, 0) is 20.7 Å². The lowest BCUT2D eigenvalue weighted by atomic mass is 9.99. The highest BCUT2D eigenvalue weighted by Crippen LogP contribution is 2.17. The lowest BCUT2D eigenvalue weighted by molar-refractivity contribution is -0.144. The van der Waals surface area contributed by atoms with Gasteiger partial charge >= 0.3 is 5.97 Å². The van der Waals surface area contributed by atoms with Crippen LogP contribution in [0.2, 0.25) is 0 Å². The predicted molar refractivity (Wildman–Crippen MR) is 116 cm³/mol. The fraction of sp³-hybridized carbons (Fsp3) is 0.160. The van der Waals surface area contributed by atoms with E-state index in [0.29, 0.717) is 22.3 Å². The number of carbonyl (C=O) groups excluding carboxylic acids is 2. The molecule has 2 atom stereocenters. The second-order valence-electron chi connectivity index (χ2n) is 7.02. The van der Waals surface area contributed by atoms with Crippen LogP contribution in [0.3, 0.4) is 0 Å². The average Bonchev–Trinajstić information content (AvgIpc) is 2.80. The van der Waals surface area contributed by atoms with Crippen molar-refractivity contribution < 1.29 is 24.2 Å². The van der Waals surface area contributed by atoms with E-state index in [9.17, 15) is 19.5 Å². The highest BCUT2D eigenvalue weighted by molar-refractivity contribution is 6.08. The quantitative estimate of drug-likeness (QED) is 0.521. The van der Waals surface area contributed by atoms with Crippen LogP contribution >= 0.6 is 0 Å². The Bertz CT molecular complexity index is 1030. The van der Waals surface area contributed by atoms with Crippen LogP contribution in [0, 0.1) is 0 Å². The summed E-state index contributed by atoms with van der Waals surface area (Å²) < 4.78 is 5.27. The summed E-state index contributed by atoms with van der Waals surface area (Å²) in [5, 5.41) is 12.1. The first-order valence-electron chi connectivity index (χ1n) is 9.79. The molecule has 6 nitrogen and oxygen atoms in total. The number of rotatable bonds is 9. The molecule has 6 heteroatoms. The zero-order chi connectivity index (χ0) is 22.2. The summed E-state index contributed by atoms with van der Waals surface area (Å²) in [5.74, 6) is -1.79. The van der Waals surface area contributed by atoms with Crippen LogP contribution in [0.1, 0.15) is 33.2 Å². The zero-order valence-corrected chi connectivity index (χ0v) is 17.0. The molecule has 0 saturated heterocycles. The van der Waals surface area contributed by atoms with Gasteiger partial charge in [-0.2, -0.15) is 0 Å². The van der Waals surface area contributed by atoms with Gasteiger partial charge in [0.05, 0.1) is 0 Å². The molecule has 0 fully saturated rings. The van der Waals surface area contributed by atoms with Gasteiger partial charge in [0, 0.05) is 24.7 Å². The number of benzene rings is 3. The van der Waals surface area contributed by atoms with Gasteiger partial charge in [0.15, 0.2) is 11.9 Å². The van der Waals surface area contributed by atoms with Gasteiger partial charge in [-0.05, 0) is 11.1 Å². The van der Waals surface area contributed by atoms with E-state index in [1.165, 1.54) is 7.11 Å². The molecule has 31 heavy (non-hydrogen) atoms. The van der Waals surface area contributed by atoms with Crippen LogP contribution in [0.4, 0.5) is 0 Å². The molecule has 0 bridgehead atoms. The third kappa shape index (κ3) is 5.65. The van der Waals surface area contributed by atoms with Gasteiger partial charge in [0.1, 0.15) is 6.04 Å². The molecule has 0 heterocycles. The lowest BCUT2D eigenvalue weighted by Gasteiger charge is -2.20. The molecular formula is C25H23NO5. The number of ketones is 1. The smallest absolute Gasteiger partial charge is 0.326 e. The van der Waals surface area contributed by atoms with Crippen molar-refractivity contribution in [3.8, 4) is 0 Å². The average molecular weight is 417 g/mol. The Morgan fingerprint density at radius 3 is 1.94 bits per heavy atom. The molecule has 0 saturated carbocycles. The second kappa shape index (κ2) is 10.3. The van der Waals surface area contributed by atoms with E-state index in [4.69, 9.17) is 4.74 Å². The summed E-state index contributed by atoms with van der Waals surface area (Å²) in [5.41, 5.74) is 2.41. The summed E-state index contributed by atoms with van der Waals surface area (Å²) in [6, 6.07) is 23.4. The van der Waals surface area contributed by atoms with Gasteiger partial charge in [-0.15, -0.1) is 0 Å². The molecule has 3 aromatic carbocycles. The second-order valence-corrected chi connectivity index (χ2v) is 7.02. The van der Waals surface area contributed by atoms with Gasteiger partial charge in [-0.3, -0.25) is 9.59 Å². The molecule has 0 aliphatic carbocycles. The Balaban J connectivity index is 1.69. The van der Waals surface area contributed by atoms with E-state index < -0.39 is 24.0 Å². The highest BCUT2D eigenvalue weighted by atomic mass is 16.5. The summed E-state index contributed by atoms with van der Waals surface area (Å²) in [6.07, 6.45) is -0.833. The van der Waals surface area contributed by atoms with E-state index in [1.54, 1.807) is 72.8 Å². The summed E-state index contributed by atoms with van der Waals surface area (Å²) in [7, 11) is 1.40. The third-order valence-corrected chi connectivity index (χ3v) is 4.88. The first kappa shape index (κ1) is 21.9. The molecule has 2 N–H and O–H groups in total. The van der Waals surface area contributed by atoms with Crippen LogP contribution in [-0.4, -0.2) is 35.9 Å². The standard InChI is InChI=1S/C25H23NO5/c1-31-23(20-10-6-3-7-11-20)24(28)26-21(25(29)30)16-17-12-14-19(15-13-17)22(27)18-8-4-2-5-9-18/h2-15,21,23H,16H2,1H3,(H,26,28)(H,29,30)/t21-,23-/m0/s1. The van der Waals surface area contributed by atoms with Gasteiger partial charge in [0.2, 0.25) is 0 Å². The predicted octanol–water partition coefficient (Wildman–Crippen LogP) is 3.42. The number of carboxylic acid groups (broad SMARTS) is 1. The molecule has 0 unspecified atom stereocenters. The van der Waals surface area contributed by atoms with Crippen LogP contribution in [0.5, 0.6) is 0 Å². The molecule has 3 rings (SSSR count). The molecule has 0 aromatic heterocycles. The number of hydrogen-bond donors (Lipinski definition) is 2. The van der Waals surface area contributed by atoms with Crippen LogP contribution in [0.25, 0.3) is 0 Å². The summed E-state index contributed by atoms with van der Waals surface area (Å²) in [4.78, 5) is 36.9. The maximum Gasteiger partial charge on any atom is 0.326 e. The van der Waals surface area contributed by atoms with E-state index in [2.05, 4.69) is 5.32 Å². The molecule has 0 spiro atoms. The van der Waals surface area contributed by atoms with Crippen LogP contribution in [0.15, 0.2) is 84.9 Å². The van der Waals surface area contributed by atoms with Gasteiger partial charge < -0.3 is 15.2 Å².